The van der Waals surface area contributed by atoms with Crippen LogP contribution in [0.25, 0.3) is 6.08 Å². The van der Waals surface area contributed by atoms with Gasteiger partial charge in [0, 0.05) is 16.7 Å². The number of nitrogens with one attached hydrogen (secondary N) is 1. The number of hydrogen-bond donors (Lipinski definition) is 1. The molecule has 1 aliphatic heterocycles. The maximum atomic E-state index is 12.6. The average Bonchev–Trinajstić information content (AvgIpc) is 3.14. The lowest BCUT2D eigenvalue weighted by Crippen LogP contribution is -2.19. The molecule has 1 saturated heterocycles. The minimum Gasteiger partial charge on any atom is -0.379 e. The van der Waals surface area contributed by atoms with E-state index in [1.165, 1.54) is 31.2 Å². The highest BCUT2D eigenvalue weighted by Crippen LogP contribution is 2.29. The zero-order valence-corrected chi connectivity index (χ0v) is 20.4. The molecule has 1 heterocycles. The summed E-state index contributed by atoms with van der Waals surface area (Å²) >= 11 is 7.03. The molecule has 1 fully saturated rings. The molecule has 178 valence electrons. The Balaban J connectivity index is 1.48. The molecule has 4 rings (SSSR count). The summed E-state index contributed by atoms with van der Waals surface area (Å²) in [6.07, 6.45) is 1.63. The van der Waals surface area contributed by atoms with E-state index in [9.17, 15) is 23.3 Å². The Bertz CT molecular complexity index is 1480. The maximum Gasteiger partial charge on any atom is 0.339 e. The fourth-order valence-electron chi connectivity index (χ4n) is 3.00. The normalized spacial score (nSPS) is 15.9. The number of halogens is 1. The molecule has 9 nitrogen and oxygen atoms in total. The van der Waals surface area contributed by atoms with E-state index in [1.807, 2.05) is 0 Å². The Kier molecular flexibility index (Phi) is 6.92. The van der Waals surface area contributed by atoms with Crippen LogP contribution in [0.15, 0.2) is 81.5 Å². The summed E-state index contributed by atoms with van der Waals surface area (Å²) in [4.78, 5) is 27.2. The second-order valence-electron chi connectivity index (χ2n) is 7.27. The number of rotatable bonds is 6. The van der Waals surface area contributed by atoms with E-state index in [2.05, 4.69) is 10.3 Å². The van der Waals surface area contributed by atoms with Crippen LogP contribution >= 0.6 is 23.4 Å². The van der Waals surface area contributed by atoms with Gasteiger partial charge in [-0.1, -0.05) is 29.8 Å². The predicted octanol–water partition coefficient (Wildman–Crippen LogP) is 5.22. The number of nitrogens with zero attached hydrogens (tertiary/aromatic N) is 2. The van der Waals surface area contributed by atoms with Gasteiger partial charge in [0.15, 0.2) is 5.17 Å². The quantitative estimate of drug-likeness (QED) is 0.201. The number of carbonyl (C=O) groups excluding carboxylic acids is 1. The fourth-order valence-corrected chi connectivity index (χ4v) is 4.92. The van der Waals surface area contributed by atoms with Gasteiger partial charge in [-0.05, 0) is 72.8 Å². The predicted molar refractivity (Wildman–Crippen MR) is 134 cm³/mol. The van der Waals surface area contributed by atoms with Crippen LogP contribution in [0, 0.1) is 17.0 Å². The largest absolute Gasteiger partial charge is 0.379 e. The van der Waals surface area contributed by atoms with E-state index in [0.717, 1.165) is 17.8 Å². The van der Waals surface area contributed by atoms with Crippen molar-refractivity contribution in [2.24, 2.45) is 4.99 Å². The van der Waals surface area contributed by atoms with Gasteiger partial charge in [0.05, 0.1) is 15.5 Å². The SMILES string of the molecule is Cc1ccc(S(=O)(=O)Oc2ccc(/C=C3\SC(=Nc4ccc(Cl)cc4)NC3=O)cc2)cc1[N+](=O)[O-]. The third kappa shape index (κ3) is 5.88. The lowest BCUT2D eigenvalue weighted by atomic mass is 10.2. The zero-order valence-electron chi connectivity index (χ0n) is 18.0. The number of thioether (sulfide) groups is 1. The van der Waals surface area contributed by atoms with E-state index < -0.39 is 15.0 Å². The Morgan fingerprint density at radius 3 is 2.43 bits per heavy atom. The van der Waals surface area contributed by atoms with Crippen molar-refractivity contribution in [1.82, 2.24) is 5.32 Å². The van der Waals surface area contributed by atoms with Gasteiger partial charge in [0.2, 0.25) is 0 Å². The van der Waals surface area contributed by atoms with Crippen LogP contribution in [-0.4, -0.2) is 24.4 Å². The maximum absolute atomic E-state index is 12.6. The van der Waals surface area contributed by atoms with Crippen molar-refractivity contribution in [2.45, 2.75) is 11.8 Å². The second kappa shape index (κ2) is 9.90. The molecule has 1 N–H and O–H groups in total. The van der Waals surface area contributed by atoms with Crippen LogP contribution in [0.2, 0.25) is 5.02 Å². The molecule has 0 unspecified atom stereocenters. The lowest BCUT2D eigenvalue weighted by molar-refractivity contribution is -0.385. The molecule has 0 spiro atoms. The molecule has 0 atom stereocenters. The molecule has 0 bridgehead atoms. The number of amidine groups is 1. The van der Waals surface area contributed by atoms with Gasteiger partial charge < -0.3 is 9.50 Å². The number of benzene rings is 3. The molecule has 35 heavy (non-hydrogen) atoms. The Morgan fingerprint density at radius 1 is 1.09 bits per heavy atom. The number of carbonyl (C=O) groups is 1. The third-order valence-electron chi connectivity index (χ3n) is 4.76. The molecule has 0 aliphatic carbocycles. The molecular formula is C23H16ClN3O6S2. The van der Waals surface area contributed by atoms with Crippen LogP contribution in [0.4, 0.5) is 11.4 Å². The van der Waals surface area contributed by atoms with Crippen molar-refractivity contribution in [3.8, 4) is 5.75 Å². The molecular weight excluding hydrogens is 514 g/mol. The lowest BCUT2D eigenvalue weighted by Gasteiger charge is -2.08. The Labute approximate surface area is 209 Å². The van der Waals surface area contributed by atoms with E-state index >= 15 is 0 Å². The number of amides is 1. The van der Waals surface area contributed by atoms with Crippen molar-refractivity contribution >= 4 is 62.0 Å². The highest BCUT2D eigenvalue weighted by Gasteiger charge is 2.24. The standard InChI is InChI=1S/C23H16ClN3O6S2/c1-14-2-11-19(13-20(14)27(29)30)35(31,32)33-18-9-3-15(4-10-18)12-21-22(28)26-23(34-21)25-17-7-5-16(24)6-8-17/h2-13H,1H3,(H,25,26,28)/b21-12-. The fraction of sp³-hybridized carbons (Fsp3) is 0.0435. The summed E-state index contributed by atoms with van der Waals surface area (Å²) in [7, 11) is -4.28. The molecule has 1 aliphatic rings. The van der Waals surface area contributed by atoms with E-state index in [1.54, 1.807) is 42.5 Å². The Morgan fingerprint density at radius 2 is 1.77 bits per heavy atom. The first-order valence-corrected chi connectivity index (χ1v) is 12.6. The monoisotopic (exact) mass is 529 g/mol. The summed E-state index contributed by atoms with van der Waals surface area (Å²) in [5.41, 5.74) is 1.29. The molecule has 0 radical (unpaired) electrons. The van der Waals surface area contributed by atoms with Crippen LogP contribution in [0.1, 0.15) is 11.1 Å². The number of nitro benzene ring substituents is 1. The molecule has 1 amide bonds. The van der Waals surface area contributed by atoms with E-state index in [4.69, 9.17) is 15.8 Å². The van der Waals surface area contributed by atoms with E-state index in [0.29, 0.717) is 31.9 Å². The van der Waals surface area contributed by atoms with Crippen LogP contribution in [-0.2, 0) is 14.9 Å². The van der Waals surface area contributed by atoms with Crippen molar-refractivity contribution in [3.05, 3.63) is 97.9 Å². The first kappa shape index (κ1) is 24.5. The van der Waals surface area contributed by atoms with Crippen molar-refractivity contribution in [3.63, 3.8) is 0 Å². The van der Waals surface area contributed by atoms with Gasteiger partial charge in [0.1, 0.15) is 10.6 Å². The number of nitro groups is 1. The minimum absolute atomic E-state index is 0.0175. The molecule has 3 aromatic rings. The summed E-state index contributed by atoms with van der Waals surface area (Å²) in [5, 5.41) is 14.8. The van der Waals surface area contributed by atoms with Crippen LogP contribution in [0.5, 0.6) is 5.75 Å². The summed E-state index contributed by atoms with van der Waals surface area (Å²) in [5.74, 6) is -0.296. The third-order valence-corrected chi connectivity index (χ3v) is 7.16. The molecule has 0 saturated carbocycles. The van der Waals surface area contributed by atoms with Gasteiger partial charge in [-0.15, -0.1) is 0 Å². The topological polar surface area (TPSA) is 128 Å². The zero-order chi connectivity index (χ0) is 25.2. The number of aryl methyl sites for hydroxylation is 1. The summed E-state index contributed by atoms with van der Waals surface area (Å²) in [6, 6.07) is 16.4. The van der Waals surface area contributed by atoms with Crippen molar-refractivity contribution < 1.29 is 22.3 Å². The Hall–Kier alpha value is -3.67. The second-order valence-corrected chi connectivity index (χ2v) is 10.3. The molecule has 0 aromatic heterocycles. The van der Waals surface area contributed by atoms with Crippen molar-refractivity contribution in [1.29, 1.82) is 0 Å². The van der Waals surface area contributed by atoms with Crippen molar-refractivity contribution in [2.75, 3.05) is 0 Å². The van der Waals surface area contributed by atoms with Crippen LogP contribution < -0.4 is 9.50 Å². The smallest absolute Gasteiger partial charge is 0.339 e. The van der Waals surface area contributed by atoms with Gasteiger partial charge in [-0.25, -0.2) is 4.99 Å². The van der Waals surface area contributed by atoms with E-state index in [-0.39, 0.29) is 22.2 Å². The number of aliphatic imine (C=N–C) groups is 1. The minimum atomic E-state index is -4.28. The highest BCUT2D eigenvalue weighted by atomic mass is 35.5. The molecule has 3 aromatic carbocycles. The van der Waals surface area contributed by atoms with Crippen LogP contribution in [0.3, 0.4) is 0 Å². The van der Waals surface area contributed by atoms with Gasteiger partial charge in [-0.3, -0.25) is 14.9 Å². The van der Waals surface area contributed by atoms with Gasteiger partial charge in [-0.2, -0.15) is 8.42 Å². The summed E-state index contributed by atoms with van der Waals surface area (Å²) < 4.78 is 30.2. The first-order chi connectivity index (χ1) is 16.6. The first-order valence-electron chi connectivity index (χ1n) is 9.95. The number of hydrogen-bond acceptors (Lipinski definition) is 8. The summed E-state index contributed by atoms with van der Waals surface area (Å²) in [6.45, 7) is 1.51. The highest BCUT2D eigenvalue weighted by molar-refractivity contribution is 8.18. The molecule has 12 heteroatoms. The average molecular weight is 530 g/mol. The van der Waals surface area contributed by atoms with Gasteiger partial charge in [0.25, 0.3) is 11.6 Å². The van der Waals surface area contributed by atoms with Gasteiger partial charge >= 0.3 is 10.1 Å².